The molecule has 2 heteroatoms. The molecule has 0 aromatic heterocycles. The van der Waals surface area contributed by atoms with Crippen LogP contribution in [0.25, 0.3) is 0 Å². The molecule has 2 nitrogen and oxygen atoms in total. The van der Waals surface area contributed by atoms with E-state index in [1.54, 1.807) is 6.07 Å². The predicted molar refractivity (Wildman–Crippen MR) is 108 cm³/mol. The third-order valence-electron chi connectivity index (χ3n) is 5.09. The molecule has 1 aromatic rings. The minimum absolute atomic E-state index is 0.425. The Morgan fingerprint density at radius 2 is 1.28 bits per heavy atom. The number of carboxylic acid groups (broad SMARTS) is 1. The van der Waals surface area contributed by atoms with Gasteiger partial charge in [-0.2, -0.15) is 0 Å². The normalized spacial score (nSPS) is 11.0. The molecule has 0 spiro atoms. The molecule has 0 aliphatic carbocycles. The Morgan fingerprint density at radius 3 is 1.72 bits per heavy atom. The van der Waals surface area contributed by atoms with Gasteiger partial charge in [-0.1, -0.05) is 96.1 Å². The van der Waals surface area contributed by atoms with Gasteiger partial charge in [-0.3, -0.25) is 0 Å². The van der Waals surface area contributed by atoms with Crippen LogP contribution in [0.3, 0.4) is 0 Å². The summed E-state index contributed by atoms with van der Waals surface area (Å²) in [5.41, 5.74) is 2.57. The van der Waals surface area contributed by atoms with Crippen molar-refractivity contribution >= 4 is 5.97 Å². The minimum atomic E-state index is -0.829. The SMILES string of the molecule is CCCCCCCCCCCCCCCc1ccc(C(=O)O)c(C)c1. The summed E-state index contributed by atoms with van der Waals surface area (Å²) in [7, 11) is 0. The highest BCUT2D eigenvalue weighted by Gasteiger charge is 2.06. The average Bonchev–Trinajstić information content (AvgIpc) is 2.58. The first-order chi connectivity index (χ1) is 12.1. The van der Waals surface area contributed by atoms with E-state index in [2.05, 4.69) is 6.92 Å². The van der Waals surface area contributed by atoms with E-state index in [0.717, 1.165) is 12.0 Å². The van der Waals surface area contributed by atoms with Crippen LogP contribution in [0.4, 0.5) is 0 Å². The number of hydrogen-bond acceptors (Lipinski definition) is 1. The van der Waals surface area contributed by atoms with Crippen LogP contribution in [0.15, 0.2) is 18.2 Å². The van der Waals surface area contributed by atoms with Crippen molar-refractivity contribution in [3.63, 3.8) is 0 Å². The lowest BCUT2D eigenvalue weighted by molar-refractivity contribution is 0.0696. The van der Waals surface area contributed by atoms with Crippen molar-refractivity contribution in [1.82, 2.24) is 0 Å². The number of rotatable bonds is 15. The van der Waals surface area contributed by atoms with E-state index in [9.17, 15) is 4.79 Å². The van der Waals surface area contributed by atoms with Crippen LogP contribution in [0, 0.1) is 6.92 Å². The molecule has 0 amide bonds. The Bertz CT molecular complexity index is 479. The molecule has 1 N–H and O–H groups in total. The van der Waals surface area contributed by atoms with E-state index < -0.39 is 5.97 Å². The fourth-order valence-corrected chi connectivity index (χ4v) is 3.47. The van der Waals surface area contributed by atoms with Gasteiger partial charge in [0.2, 0.25) is 0 Å². The van der Waals surface area contributed by atoms with Gasteiger partial charge in [-0.15, -0.1) is 0 Å². The van der Waals surface area contributed by atoms with E-state index in [1.165, 1.54) is 89.0 Å². The van der Waals surface area contributed by atoms with Gasteiger partial charge in [0.15, 0.2) is 0 Å². The highest BCUT2D eigenvalue weighted by molar-refractivity contribution is 5.89. The first kappa shape index (κ1) is 21.7. The highest BCUT2D eigenvalue weighted by atomic mass is 16.4. The second-order valence-electron chi connectivity index (χ2n) is 7.45. The molecule has 25 heavy (non-hydrogen) atoms. The lowest BCUT2D eigenvalue weighted by Crippen LogP contribution is -2.00. The Hall–Kier alpha value is -1.31. The van der Waals surface area contributed by atoms with Crippen molar-refractivity contribution in [2.75, 3.05) is 0 Å². The Morgan fingerprint density at radius 1 is 0.800 bits per heavy atom. The van der Waals surface area contributed by atoms with Gasteiger partial charge in [0, 0.05) is 0 Å². The molecule has 0 aliphatic rings. The maximum atomic E-state index is 11.0. The summed E-state index contributed by atoms with van der Waals surface area (Å²) in [5.74, 6) is -0.829. The standard InChI is InChI=1S/C23H38O2/c1-3-4-5-6-7-8-9-10-11-12-13-14-15-16-21-17-18-22(23(24)25)20(2)19-21/h17-19H,3-16H2,1-2H3,(H,24,25). The summed E-state index contributed by atoms with van der Waals surface area (Å²) in [6, 6.07) is 5.75. The summed E-state index contributed by atoms with van der Waals surface area (Å²) < 4.78 is 0. The van der Waals surface area contributed by atoms with Crippen LogP contribution in [0.5, 0.6) is 0 Å². The number of aromatic carboxylic acids is 1. The van der Waals surface area contributed by atoms with Gasteiger partial charge in [0.1, 0.15) is 0 Å². The van der Waals surface area contributed by atoms with Crippen molar-refractivity contribution in [1.29, 1.82) is 0 Å². The fourth-order valence-electron chi connectivity index (χ4n) is 3.47. The lowest BCUT2D eigenvalue weighted by atomic mass is 10.00. The van der Waals surface area contributed by atoms with Crippen molar-refractivity contribution < 1.29 is 9.90 Å². The van der Waals surface area contributed by atoms with Crippen LogP contribution in [-0.4, -0.2) is 11.1 Å². The van der Waals surface area contributed by atoms with Crippen molar-refractivity contribution in [2.24, 2.45) is 0 Å². The van der Waals surface area contributed by atoms with Crippen molar-refractivity contribution in [3.05, 3.63) is 34.9 Å². The van der Waals surface area contributed by atoms with Gasteiger partial charge in [0.05, 0.1) is 5.56 Å². The molecule has 0 heterocycles. The minimum Gasteiger partial charge on any atom is -0.478 e. The van der Waals surface area contributed by atoms with E-state index in [-0.39, 0.29) is 0 Å². The van der Waals surface area contributed by atoms with E-state index in [1.807, 2.05) is 19.1 Å². The molecule has 0 fully saturated rings. The molecule has 0 atom stereocenters. The zero-order valence-corrected chi connectivity index (χ0v) is 16.5. The summed E-state index contributed by atoms with van der Waals surface area (Å²) in [6.07, 6.45) is 18.9. The van der Waals surface area contributed by atoms with Gasteiger partial charge in [-0.05, 0) is 37.0 Å². The second-order valence-corrected chi connectivity index (χ2v) is 7.45. The van der Waals surface area contributed by atoms with E-state index in [0.29, 0.717) is 5.56 Å². The van der Waals surface area contributed by atoms with Crippen molar-refractivity contribution in [2.45, 2.75) is 104 Å². The van der Waals surface area contributed by atoms with Crippen LogP contribution in [0.1, 0.15) is 112 Å². The monoisotopic (exact) mass is 346 g/mol. The quantitative estimate of drug-likeness (QED) is 0.338. The molecule has 0 bridgehead atoms. The number of carbonyl (C=O) groups is 1. The number of unbranched alkanes of at least 4 members (excludes halogenated alkanes) is 12. The molecule has 142 valence electrons. The van der Waals surface area contributed by atoms with Crippen molar-refractivity contribution in [3.8, 4) is 0 Å². The number of aryl methyl sites for hydroxylation is 2. The molecule has 1 aromatic carbocycles. The van der Waals surface area contributed by atoms with Crippen LogP contribution >= 0.6 is 0 Å². The third-order valence-corrected chi connectivity index (χ3v) is 5.09. The Labute approximate surface area is 155 Å². The average molecular weight is 347 g/mol. The summed E-state index contributed by atoms with van der Waals surface area (Å²) in [5, 5.41) is 9.06. The van der Waals surface area contributed by atoms with E-state index in [4.69, 9.17) is 5.11 Å². The number of benzene rings is 1. The van der Waals surface area contributed by atoms with E-state index >= 15 is 0 Å². The highest BCUT2D eigenvalue weighted by Crippen LogP contribution is 2.16. The van der Waals surface area contributed by atoms with Gasteiger partial charge in [0.25, 0.3) is 0 Å². The molecule has 0 aliphatic heterocycles. The zero-order valence-electron chi connectivity index (χ0n) is 16.5. The predicted octanol–water partition coefficient (Wildman–Crippen LogP) is 7.33. The maximum absolute atomic E-state index is 11.0. The summed E-state index contributed by atoms with van der Waals surface area (Å²) in [6.45, 7) is 4.16. The molecule has 0 unspecified atom stereocenters. The van der Waals surface area contributed by atoms with Gasteiger partial charge >= 0.3 is 5.97 Å². The largest absolute Gasteiger partial charge is 0.478 e. The van der Waals surface area contributed by atoms with Crippen LogP contribution in [0.2, 0.25) is 0 Å². The Balaban J connectivity index is 1.95. The number of carboxylic acids is 1. The fraction of sp³-hybridized carbons (Fsp3) is 0.696. The molecular weight excluding hydrogens is 308 g/mol. The first-order valence-corrected chi connectivity index (χ1v) is 10.5. The molecular formula is C23H38O2. The zero-order chi connectivity index (χ0) is 18.3. The van der Waals surface area contributed by atoms with Crippen LogP contribution in [-0.2, 0) is 6.42 Å². The summed E-state index contributed by atoms with van der Waals surface area (Å²) >= 11 is 0. The topological polar surface area (TPSA) is 37.3 Å². The lowest BCUT2D eigenvalue weighted by Gasteiger charge is -2.06. The first-order valence-electron chi connectivity index (χ1n) is 10.5. The molecule has 1 rings (SSSR count). The summed E-state index contributed by atoms with van der Waals surface area (Å²) in [4.78, 5) is 11.0. The van der Waals surface area contributed by atoms with Gasteiger partial charge < -0.3 is 5.11 Å². The molecule has 0 saturated carbocycles. The smallest absolute Gasteiger partial charge is 0.335 e. The second kappa shape index (κ2) is 13.9. The van der Waals surface area contributed by atoms with Gasteiger partial charge in [-0.25, -0.2) is 4.79 Å². The Kier molecular flexibility index (Phi) is 12.1. The molecule has 0 saturated heterocycles. The molecule has 0 radical (unpaired) electrons. The third kappa shape index (κ3) is 10.3. The number of hydrogen-bond donors (Lipinski definition) is 1. The van der Waals surface area contributed by atoms with Crippen LogP contribution < -0.4 is 0 Å². The maximum Gasteiger partial charge on any atom is 0.335 e.